The number of rotatable bonds is 13. The Labute approximate surface area is 218 Å². The Hall–Kier alpha value is -4.39. The fourth-order valence-electron chi connectivity index (χ4n) is 3.43. The summed E-state index contributed by atoms with van der Waals surface area (Å²) in [5.41, 5.74) is 1.50. The molecule has 0 saturated heterocycles. The second-order valence-electron chi connectivity index (χ2n) is 8.79. The molecule has 0 aliphatic rings. The number of aromatic amines is 1. The van der Waals surface area contributed by atoms with E-state index in [1.807, 2.05) is 13.8 Å². The summed E-state index contributed by atoms with van der Waals surface area (Å²) in [7, 11) is 0. The third kappa shape index (κ3) is 8.34. The fourth-order valence-corrected chi connectivity index (χ4v) is 3.43. The largest absolute Gasteiger partial charge is 0.480 e. The van der Waals surface area contributed by atoms with Crippen LogP contribution >= 0.6 is 0 Å². The number of carboxylic acids is 1. The molecule has 0 unspecified atom stereocenters. The lowest BCUT2D eigenvalue weighted by Gasteiger charge is -2.15. The molecule has 1 atom stereocenters. The first-order valence-electron chi connectivity index (χ1n) is 12.1. The third-order valence-corrected chi connectivity index (χ3v) is 5.35. The lowest BCUT2D eigenvalue weighted by atomic mass is 10.1. The van der Waals surface area contributed by atoms with Gasteiger partial charge in [0.2, 0.25) is 5.91 Å². The second kappa shape index (κ2) is 13.2. The SMILES string of the molecule is Cc1nc2ncc(CNc3ccc(C(=O)N[C@H](CCC(=O)NCCOC(C)C)C(=O)O)cc3)nc2c(=O)[nH]1. The van der Waals surface area contributed by atoms with Gasteiger partial charge in [-0.05, 0) is 51.5 Å². The second-order valence-corrected chi connectivity index (χ2v) is 8.79. The summed E-state index contributed by atoms with van der Waals surface area (Å²) in [5.74, 6) is -1.67. The molecule has 3 aromatic rings. The monoisotopic (exact) mass is 525 g/mol. The molecular formula is C25H31N7O6. The van der Waals surface area contributed by atoms with Crippen molar-refractivity contribution in [2.24, 2.45) is 0 Å². The van der Waals surface area contributed by atoms with Crippen molar-refractivity contribution in [3.05, 3.63) is 57.9 Å². The number of nitrogens with one attached hydrogen (secondary N) is 4. The number of aryl methyl sites for hydroxylation is 1. The van der Waals surface area contributed by atoms with Crippen molar-refractivity contribution in [2.75, 3.05) is 18.5 Å². The summed E-state index contributed by atoms with van der Waals surface area (Å²) in [6, 6.07) is 5.18. The van der Waals surface area contributed by atoms with E-state index in [0.29, 0.717) is 30.4 Å². The molecule has 0 saturated carbocycles. The molecule has 0 aliphatic heterocycles. The van der Waals surface area contributed by atoms with E-state index in [4.69, 9.17) is 4.74 Å². The predicted octanol–water partition coefficient (Wildman–Crippen LogP) is 1.14. The first-order chi connectivity index (χ1) is 18.1. The predicted molar refractivity (Wildman–Crippen MR) is 139 cm³/mol. The maximum absolute atomic E-state index is 12.6. The fraction of sp³-hybridized carbons (Fsp3) is 0.400. The van der Waals surface area contributed by atoms with E-state index in [1.165, 1.54) is 6.20 Å². The van der Waals surface area contributed by atoms with Gasteiger partial charge >= 0.3 is 5.97 Å². The maximum atomic E-state index is 12.6. The van der Waals surface area contributed by atoms with Crippen LogP contribution in [0.5, 0.6) is 0 Å². The normalized spacial score (nSPS) is 11.8. The third-order valence-electron chi connectivity index (χ3n) is 5.35. The van der Waals surface area contributed by atoms with Crippen molar-refractivity contribution in [1.82, 2.24) is 30.6 Å². The van der Waals surface area contributed by atoms with Crippen molar-refractivity contribution in [2.45, 2.75) is 52.3 Å². The number of ether oxygens (including phenoxy) is 1. The van der Waals surface area contributed by atoms with Crippen LogP contribution in [0, 0.1) is 6.92 Å². The zero-order chi connectivity index (χ0) is 27.7. The van der Waals surface area contributed by atoms with Crippen molar-refractivity contribution < 1.29 is 24.2 Å². The van der Waals surface area contributed by atoms with Gasteiger partial charge in [0, 0.05) is 24.2 Å². The summed E-state index contributed by atoms with van der Waals surface area (Å²) in [6.07, 6.45) is 1.47. The molecule has 38 heavy (non-hydrogen) atoms. The number of amides is 2. The number of anilines is 1. The number of hydrogen-bond donors (Lipinski definition) is 5. The molecule has 13 nitrogen and oxygen atoms in total. The van der Waals surface area contributed by atoms with Crippen LogP contribution in [-0.4, -0.2) is 68.1 Å². The van der Waals surface area contributed by atoms with Gasteiger partial charge in [0.15, 0.2) is 11.2 Å². The average molecular weight is 526 g/mol. The van der Waals surface area contributed by atoms with Gasteiger partial charge in [0.05, 0.1) is 31.1 Å². The van der Waals surface area contributed by atoms with Crippen molar-refractivity contribution in [1.29, 1.82) is 0 Å². The first kappa shape index (κ1) is 28.2. The quantitative estimate of drug-likeness (QED) is 0.202. The van der Waals surface area contributed by atoms with E-state index in [1.54, 1.807) is 31.2 Å². The molecule has 5 N–H and O–H groups in total. The molecule has 0 radical (unpaired) electrons. The van der Waals surface area contributed by atoms with E-state index < -0.39 is 17.9 Å². The smallest absolute Gasteiger partial charge is 0.326 e. The number of aliphatic carboxylic acids is 1. The first-order valence-corrected chi connectivity index (χ1v) is 12.1. The van der Waals surface area contributed by atoms with Gasteiger partial charge in [0.25, 0.3) is 11.5 Å². The maximum Gasteiger partial charge on any atom is 0.326 e. The molecule has 3 rings (SSSR count). The Morgan fingerprint density at radius 3 is 2.55 bits per heavy atom. The zero-order valence-electron chi connectivity index (χ0n) is 21.4. The minimum Gasteiger partial charge on any atom is -0.480 e. The summed E-state index contributed by atoms with van der Waals surface area (Å²) in [6.45, 7) is 6.39. The van der Waals surface area contributed by atoms with Gasteiger partial charge in [-0.1, -0.05) is 0 Å². The van der Waals surface area contributed by atoms with Crippen LogP contribution in [0.15, 0.2) is 35.3 Å². The molecule has 0 aliphatic carbocycles. The number of nitrogens with zero attached hydrogens (tertiary/aromatic N) is 3. The van der Waals surface area contributed by atoms with Crippen molar-refractivity contribution in [3.63, 3.8) is 0 Å². The Bertz CT molecular complexity index is 1340. The standard InChI is InChI=1S/C25H31N7O6/c1-14(2)38-11-10-26-20(33)9-8-19(25(36)37)32-23(34)16-4-6-17(7-5-16)27-12-18-13-28-22-21(31-18)24(35)30-15(3)29-22/h4-7,13-14,19,27H,8-12H2,1-3H3,(H,26,33)(H,32,34)(H,36,37)(H,28,29,30,35)/t19-/m1/s1. The van der Waals surface area contributed by atoms with Crippen LogP contribution < -0.4 is 21.5 Å². The van der Waals surface area contributed by atoms with Crippen LogP contribution in [0.3, 0.4) is 0 Å². The van der Waals surface area contributed by atoms with E-state index in [2.05, 4.69) is 35.9 Å². The van der Waals surface area contributed by atoms with Gasteiger partial charge in [-0.15, -0.1) is 0 Å². The summed E-state index contributed by atoms with van der Waals surface area (Å²) >= 11 is 0. The molecule has 2 amide bonds. The molecule has 13 heteroatoms. The molecule has 0 fully saturated rings. The van der Waals surface area contributed by atoms with Crippen LogP contribution in [-0.2, 0) is 20.9 Å². The molecule has 1 aromatic carbocycles. The number of benzene rings is 1. The highest BCUT2D eigenvalue weighted by Crippen LogP contribution is 2.12. The lowest BCUT2D eigenvalue weighted by molar-refractivity contribution is -0.139. The topological polar surface area (TPSA) is 188 Å². The highest BCUT2D eigenvalue weighted by atomic mass is 16.5. The van der Waals surface area contributed by atoms with E-state index in [9.17, 15) is 24.3 Å². The van der Waals surface area contributed by atoms with Gasteiger partial charge < -0.3 is 30.8 Å². The minimum atomic E-state index is -1.23. The minimum absolute atomic E-state index is 0.0523. The summed E-state index contributed by atoms with van der Waals surface area (Å²) < 4.78 is 5.34. The van der Waals surface area contributed by atoms with Crippen LogP contribution in [0.4, 0.5) is 5.69 Å². The van der Waals surface area contributed by atoms with Gasteiger partial charge in [-0.2, -0.15) is 0 Å². The summed E-state index contributed by atoms with van der Waals surface area (Å²) in [4.78, 5) is 63.4. The van der Waals surface area contributed by atoms with Crippen LogP contribution in [0.1, 0.15) is 48.6 Å². The Morgan fingerprint density at radius 1 is 1.13 bits per heavy atom. The molecule has 0 bridgehead atoms. The molecule has 2 heterocycles. The van der Waals surface area contributed by atoms with Gasteiger partial charge in [-0.25, -0.2) is 19.7 Å². The lowest BCUT2D eigenvalue weighted by Crippen LogP contribution is -2.41. The van der Waals surface area contributed by atoms with Gasteiger partial charge in [-0.3, -0.25) is 14.4 Å². The van der Waals surface area contributed by atoms with Crippen molar-refractivity contribution >= 4 is 34.6 Å². The molecule has 202 valence electrons. The number of carbonyl (C=O) groups is 3. The molecule has 0 spiro atoms. The number of hydrogen-bond acceptors (Lipinski definition) is 9. The zero-order valence-corrected chi connectivity index (χ0v) is 21.4. The Kier molecular flexibility index (Phi) is 9.82. The highest BCUT2D eigenvalue weighted by Gasteiger charge is 2.21. The number of aromatic nitrogens is 4. The van der Waals surface area contributed by atoms with Crippen molar-refractivity contribution in [3.8, 4) is 0 Å². The number of fused-ring (bicyclic) bond motifs is 1. The Morgan fingerprint density at radius 2 is 1.87 bits per heavy atom. The van der Waals surface area contributed by atoms with E-state index in [-0.39, 0.29) is 53.7 Å². The average Bonchev–Trinajstić information content (AvgIpc) is 2.87. The van der Waals surface area contributed by atoms with Crippen LogP contribution in [0.25, 0.3) is 11.2 Å². The van der Waals surface area contributed by atoms with Gasteiger partial charge in [0.1, 0.15) is 11.9 Å². The van der Waals surface area contributed by atoms with E-state index in [0.717, 1.165) is 0 Å². The Balaban J connectivity index is 1.51. The number of carboxylic acid groups (broad SMARTS) is 1. The number of carbonyl (C=O) groups excluding carboxylic acids is 2. The molecular weight excluding hydrogens is 494 g/mol. The highest BCUT2D eigenvalue weighted by molar-refractivity contribution is 5.97. The van der Waals surface area contributed by atoms with Crippen LogP contribution in [0.2, 0.25) is 0 Å². The summed E-state index contributed by atoms with van der Waals surface area (Å²) in [5, 5.41) is 17.7. The van der Waals surface area contributed by atoms with E-state index >= 15 is 0 Å². The molecule has 2 aromatic heterocycles. The number of H-pyrrole nitrogens is 1.